The maximum atomic E-state index is 12.0. The van der Waals surface area contributed by atoms with E-state index in [9.17, 15) is 14.4 Å². The minimum absolute atomic E-state index is 0.0262. The minimum atomic E-state index is -0.256. The van der Waals surface area contributed by atoms with Crippen molar-refractivity contribution in [2.75, 3.05) is 25.0 Å². The second-order valence-corrected chi connectivity index (χ2v) is 4.61. The highest BCUT2D eigenvalue weighted by molar-refractivity contribution is 6.01. The molecule has 1 aromatic rings. The number of ketones is 1. The van der Waals surface area contributed by atoms with Crippen LogP contribution in [0.5, 0.6) is 5.75 Å². The number of hydrogen-bond acceptors (Lipinski definition) is 5. The van der Waals surface area contributed by atoms with Crippen LogP contribution in [0.1, 0.15) is 23.2 Å². The summed E-state index contributed by atoms with van der Waals surface area (Å²) in [5.41, 5.74) is 6.18. The third-order valence-electron chi connectivity index (χ3n) is 2.98. The van der Waals surface area contributed by atoms with Gasteiger partial charge in [-0.05, 0) is 18.2 Å². The molecule has 0 fully saturated rings. The number of nitrogens with one attached hydrogen (secondary N) is 2. The summed E-state index contributed by atoms with van der Waals surface area (Å²) in [7, 11) is 0. The normalized spacial score (nSPS) is 12.9. The molecule has 2 rings (SSSR count). The molecule has 0 radical (unpaired) electrons. The number of hydrogen-bond donors (Lipinski definition) is 3. The van der Waals surface area contributed by atoms with Crippen LogP contribution in [0.3, 0.4) is 0 Å². The Balaban J connectivity index is 1.95. The average Bonchev–Trinajstić information content (AvgIpc) is 2.49. The van der Waals surface area contributed by atoms with Gasteiger partial charge in [-0.25, -0.2) is 0 Å². The second-order valence-electron chi connectivity index (χ2n) is 4.61. The van der Waals surface area contributed by atoms with Gasteiger partial charge in [-0.1, -0.05) is 0 Å². The lowest BCUT2D eigenvalue weighted by molar-refractivity contribution is -0.121. The molecule has 0 aromatic heterocycles. The van der Waals surface area contributed by atoms with E-state index in [0.29, 0.717) is 30.1 Å². The zero-order chi connectivity index (χ0) is 15.2. The number of nitrogens with two attached hydrogens (primary N) is 1. The quantitative estimate of drug-likeness (QED) is 0.642. The van der Waals surface area contributed by atoms with Crippen LogP contribution in [0.4, 0.5) is 5.69 Å². The molecule has 112 valence electrons. The summed E-state index contributed by atoms with van der Waals surface area (Å²) in [6.07, 6.45) is 0.211. The highest BCUT2D eigenvalue weighted by Gasteiger charge is 2.18. The lowest BCUT2D eigenvalue weighted by Gasteiger charge is -2.18. The fourth-order valence-electron chi connectivity index (χ4n) is 1.93. The molecule has 0 saturated carbocycles. The molecule has 21 heavy (non-hydrogen) atoms. The summed E-state index contributed by atoms with van der Waals surface area (Å²) >= 11 is 0. The Bertz CT molecular complexity index is 571. The van der Waals surface area contributed by atoms with Crippen molar-refractivity contribution >= 4 is 23.3 Å². The first-order valence-corrected chi connectivity index (χ1v) is 6.67. The highest BCUT2D eigenvalue weighted by Crippen LogP contribution is 2.28. The maximum absolute atomic E-state index is 12.0. The van der Waals surface area contributed by atoms with Gasteiger partial charge in [-0.2, -0.15) is 0 Å². The van der Waals surface area contributed by atoms with Crippen molar-refractivity contribution in [2.45, 2.75) is 12.8 Å². The van der Waals surface area contributed by atoms with Crippen molar-refractivity contribution in [3.8, 4) is 5.75 Å². The zero-order valence-electron chi connectivity index (χ0n) is 11.5. The first-order valence-electron chi connectivity index (χ1n) is 6.67. The molecule has 0 spiro atoms. The monoisotopic (exact) mass is 291 g/mol. The first-order chi connectivity index (χ1) is 10.1. The summed E-state index contributed by atoms with van der Waals surface area (Å²) in [5, 5.41) is 5.24. The van der Waals surface area contributed by atoms with E-state index in [4.69, 9.17) is 10.5 Å². The van der Waals surface area contributed by atoms with Crippen molar-refractivity contribution in [3.05, 3.63) is 23.8 Å². The number of fused-ring (bicyclic) bond motifs is 1. The average molecular weight is 291 g/mol. The Morgan fingerprint density at radius 1 is 1.33 bits per heavy atom. The molecule has 7 nitrogen and oxygen atoms in total. The Kier molecular flexibility index (Phi) is 4.89. The Hall–Kier alpha value is -2.41. The standard InChI is InChI=1S/C14H17N3O4/c15-5-6-16-13(19)4-2-11(18)9-1-3-12-10(7-9)17-14(20)8-21-12/h1,3,7H,2,4-6,8,15H2,(H,16,19)(H,17,20). The Labute approximate surface area is 121 Å². The predicted octanol–water partition coefficient (Wildman–Crippen LogP) is 0.0553. The molecular formula is C14H17N3O4. The van der Waals surface area contributed by atoms with Crippen LogP contribution in [0.25, 0.3) is 0 Å². The van der Waals surface area contributed by atoms with Gasteiger partial charge < -0.3 is 21.1 Å². The summed E-state index contributed by atoms with van der Waals surface area (Å²) in [6, 6.07) is 4.82. The van der Waals surface area contributed by atoms with Gasteiger partial charge in [0.1, 0.15) is 5.75 Å². The fraction of sp³-hybridized carbons (Fsp3) is 0.357. The van der Waals surface area contributed by atoms with Gasteiger partial charge >= 0.3 is 0 Å². The summed E-state index contributed by atoms with van der Waals surface area (Å²) in [6.45, 7) is 0.737. The zero-order valence-corrected chi connectivity index (χ0v) is 11.5. The fourth-order valence-corrected chi connectivity index (χ4v) is 1.93. The number of ether oxygens (including phenoxy) is 1. The van der Waals surface area contributed by atoms with Crippen molar-refractivity contribution in [1.82, 2.24) is 5.32 Å². The molecule has 0 saturated heterocycles. The number of carbonyl (C=O) groups is 3. The van der Waals surface area contributed by atoms with Crippen LogP contribution >= 0.6 is 0 Å². The topological polar surface area (TPSA) is 111 Å². The Morgan fingerprint density at radius 2 is 2.14 bits per heavy atom. The van der Waals surface area contributed by atoms with Gasteiger partial charge in [0.25, 0.3) is 5.91 Å². The van der Waals surface area contributed by atoms with Gasteiger partial charge in [-0.15, -0.1) is 0 Å². The number of Topliss-reactive ketones (excluding diaryl/α,β-unsaturated/α-hetero) is 1. The minimum Gasteiger partial charge on any atom is -0.482 e. The predicted molar refractivity (Wildman–Crippen MR) is 76.2 cm³/mol. The van der Waals surface area contributed by atoms with E-state index in [1.54, 1.807) is 18.2 Å². The number of amides is 2. The Morgan fingerprint density at radius 3 is 2.90 bits per heavy atom. The largest absolute Gasteiger partial charge is 0.482 e. The third kappa shape index (κ3) is 4.03. The lowest BCUT2D eigenvalue weighted by atomic mass is 10.0. The molecule has 4 N–H and O–H groups in total. The van der Waals surface area contributed by atoms with E-state index in [2.05, 4.69) is 10.6 Å². The van der Waals surface area contributed by atoms with Crippen LogP contribution in [0.15, 0.2) is 18.2 Å². The molecule has 7 heteroatoms. The molecule has 0 bridgehead atoms. The maximum Gasteiger partial charge on any atom is 0.262 e. The smallest absolute Gasteiger partial charge is 0.262 e. The molecule has 1 aliphatic rings. The van der Waals surface area contributed by atoms with Crippen molar-refractivity contribution in [1.29, 1.82) is 0 Å². The summed E-state index contributed by atoms with van der Waals surface area (Å²) in [4.78, 5) is 34.7. The van der Waals surface area contributed by atoms with E-state index < -0.39 is 0 Å². The molecule has 2 amide bonds. The molecule has 1 heterocycles. The molecule has 0 aliphatic carbocycles. The highest BCUT2D eigenvalue weighted by atomic mass is 16.5. The van der Waals surface area contributed by atoms with Crippen molar-refractivity contribution in [2.24, 2.45) is 5.73 Å². The van der Waals surface area contributed by atoms with Crippen LogP contribution in [-0.4, -0.2) is 37.3 Å². The van der Waals surface area contributed by atoms with Gasteiger partial charge in [0.2, 0.25) is 5.91 Å². The van der Waals surface area contributed by atoms with Crippen LogP contribution in [0.2, 0.25) is 0 Å². The lowest BCUT2D eigenvalue weighted by Crippen LogP contribution is -2.29. The van der Waals surface area contributed by atoms with E-state index >= 15 is 0 Å². The molecule has 0 atom stereocenters. The molecule has 1 aromatic carbocycles. The summed E-state index contributed by atoms with van der Waals surface area (Å²) < 4.78 is 5.21. The van der Waals surface area contributed by atoms with Gasteiger partial charge in [-0.3, -0.25) is 14.4 Å². The van der Waals surface area contributed by atoms with Crippen LogP contribution in [0, 0.1) is 0 Å². The molecule has 1 aliphatic heterocycles. The SMILES string of the molecule is NCCNC(=O)CCC(=O)c1ccc2c(c1)NC(=O)CO2. The summed E-state index contributed by atoms with van der Waals surface area (Å²) in [5.74, 6) is -0.0935. The number of benzene rings is 1. The van der Waals surface area contributed by atoms with Crippen molar-refractivity contribution < 1.29 is 19.1 Å². The number of anilines is 1. The first kappa shape index (κ1) is 15.0. The van der Waals surface area contributed by atoms with E-state index in [0.717, 1.165) is 0 Å². The van der Waals surface area contributed by atoms with Crippen LogP contribution < -0.4 is 21.1 Å². The van der Waals surface area contributed by atoms with Crippen molar-refractivity contribution in [3.63, 3.8) is 0 Å². The van der Waals surface area contributed by atoms with Gasteiger partial charge in [0.15, 0.2) is 12.4 Å². The van der Waals surface area contributed by atoms with E-state index in [1.807, 2.05) is 0 Å². The number of rotatable bonds is 6. The van der Waals surface area contributed by atoms with Gasteiger partial charge in [0, 0.05) is 31.5 Å². The van der Waals surface area contributed by atoms with Gasteiger partial charge in [0.05, 0.1) is 5.69 Å². The second kappa shape index (κ2) is 6.85. The molecule has 0 unspecified atom stereocenters. The number of carbonyl (C=O) groups excluding carboxylic acids is 3. The van der Waals surface area contributed by atoms with E-state index in [-0.39, 0.29) is 37.0 Å². The van der Waals surface area contributed by atoms with Crippen LogP contribution in [-0.2, 0) is 9.59 Å². The third-order valence-corrected chi connectivity index (χ3v) is 2.98. The van der Waals surface area contributed by atoms with E-state index in [1.165, 1.54) is 0 Å². The molecular weight excluding hydrogens is 274 g/mol.